The van der Waals surface area contributed by atoms with Gasteiger partial charge in [0.2, 0.25) is 0 Å². The maximum absolute atomic E-state index is 12.5. The molecule has 5 nitrogen and oxygen atoms in total. The minimum Gasteiger partial charge on any atom is -0.504 e. The second-order valence-corrected chi connectivity index (χ2v) is 7.10. The fourth-order valence-corrected chi connectivity index (χ4v) is 5.52. The smallest absolute Gasteiger partial charge is 0.174 e. The molecular weight excluding hydrogens is 318 g/mol. The summed E-state index contributed by atoms with van der Waals surface area (Å²) in [6, 6.07) is 4.26. The largest absolute Gasteiger partial charge is 0.504 e. The summed E-state index contributed by atoms with van der Waals surface area (Å²) in [6.45, 7) is 1.00. The number of hydrogen-bond donors (Lipinski definition) is 2. The van der Waals surface area contributed by atoms with Gasteiger partial charge in [-0.05, 0) is 50.4 Å². The topological polar surface area (TPSA) is 70.0 Å². The lowest BCUT2D eigenvalue weighted by atomic mass is 9.52. The summed E-state index contributed by atoms with van der Waals surface area (Å²) in [5.41, 5.74) is 2.26. The van der Waals surface area contributed by atoms with E-state index < -0.39 is 0 Å². The molecule has 23 heavy (non-hydrogen) atoms. The molecule has 2 aliphatic carbocycles. The first kappa shape index (κ1) is 15.2. The van der Waals surface area contributed by atoms with Gasteiger partial charge in [0, 0.05) is 23.4 Å². The molecule has 0 radical (unpaired) electrons. The summed E-state index contributed by atoms with van der Waals surface area (Å²) in [5, 5.41) is 10.2. The van der Waals surface area contributed by atoms with Crippen molar-refractivity contribution in [2.24, 2.45) is 5.92 Å². The number of aromatic hydroxyl groups is 1. The van der Waals surface area contributed by atoms with Crippen molar-refractivity contribution in [3.63, 3.8) is 0 Å². The summed E-state index contributed by atoms with van der Waals surface area (Å²) in [5.74, 6) is 1.50. The lowest BCUT2D eigenvalue weighted by Gasteiger charge is -2.57. The van der Waals surface area contributed by atoms with Gasteiger partial charge in [0.05, 0.1) is 11.9 Å². The summed E-state index contributed by atoms with van der Waals surface area (Å²) in [6.07, 6.45) is 3.18. The van der Waals surface area contributed by atoms with E-state index in [4.69, 9.17) is 9.40 Å². The van der Waals surface area contributed by atoms with Crippen LogP contribution in [0.25, 0.3) is 0 Å². The maximum atomic E-state index is 12.5. The van der Waals surface area contributed by atoms with Gasteiger partial charge in [0.15, 0.2) is 23.4 Å². The lowest BCUT2D eigenvalue weighted by molar-refractivity contribution is -0.138. The van der Waals surface area contributed by atoms with Gasteiger partial charge in [-0.3, -0.25) is 9.45 Å². The van der Waals surface area contributed by atoms with Crippen LogP contribution in [0.2, 0.25) is 0 Å². The zero-order chi connectivity index (χ0) is 16.4. The Morgan fingerprint density at radius 2 is 2.17 bits per heavy atom. The zero-order valence-corrected chi connectivity index (χ0v) is 13.7. The molecule has 4 atom stereocenters. The van der Waals surface area contributed by atoms with Crippen molar-refractivity contribution >= 4 is 17.6 Å². The van der Waals surface area contributed by atoms with Crippen molar-refractivity contribution < 1.29 is 19.3 Å². The second-order valence-electron chi connectivity index (χ2n) is 7.10. The van der Waals surface area contributed by atoms with Crippen LogP contribution < -0.4 is 4.74 Å². The summed E-state index contributed by atoms with van der Waals surface area (Å²) in [7, 11) is 2.20. The third kappa shape index (κ3) is 1.73. The molecule has 124 valence electrons. The van der Waals surface area contributed by atoms with Gasteiger partial charge < -0.3 is 14.7 Å². The van der Waals surface area contributed by atoms with E-state index in [1.165, 1.54) is 5.56 Å². The van der Waals surface area contributed by atoms with Gasteiger partial charge in [-0.15, -0.1) is 0 Å². The molecule has 2 fully saturated rings. The van der Waals surface area contributed by atoms with Crippen LogP contribution in [0.5, 0.6) is 11.5 Å². The van der Waals surface area contributed by atoms with Gasteiger partial charge >= 0.3 is 0 Å². The highest BCUT2D eigenvalue weighted by atomic mass is 35.5. The van der Waals surface area contributed by atoms with Crippen molar-refractivity contribution in [2.45, 2.75) is 43.2 Å². The number of ketones is 1. The van der Waals surface area contributed by atoms with E-state index >= 15 is 0 Å². The number of carbonyl (C=O) groups excluding carboxylic acids is 1. The number of likely N-dealkylation sites (tertiary alicyclic amines) is 1. The van der Waals surface area contributed by atoms with Crippen LogP contribution in [0.3, 0.4) is 0 Å². The van der Waals surface area contributed by atoms with Crippen molar-refractivity contribution in [3.8, 4) is 11.5 Å². The molecule has 4 aliphatic rings. The molecule has 1 saturated heterocycles. The van der Waals surface area contributed by atoms with E-state index in [2.05, 4.69) is 23.8 Å². The predicted octanol–water partition coefficient (Wildman–Crippen LogP) is 1.76. The van der Waals surface area contributed by atoms with Crippen LogP contribution in [0.4, 0.5) is 0 Å². The van der Waals surface area contributed by atoms with E-state index in [-0.39, 0.29) is 23.1 Å². The zero-order valence-electron chi connectivity index (χ0n) is 13.0. The number of rotatable bonds is 0. The van der Waals surface area contributed by atoms with Gasteiger partial charge in [-0.25, -0.2) is 0 Å². The highest BCUT2D eigenvalue weighted by molar-refractivity contribution is 6.04. The van der Waals surface area contributed by atoms with Crippen molar-refractivity contribution in [3.05, 3.63) is 23.3 Å². The van der Waals surface area contributed by atoms with E-state index in [1.54, 1.807) is 6.07 Å². The number of carbonyl (C=O) groups is 1. The predicted molar refractivity (Wildman–Crippen MR) is 84.7 cm³/mol. The summed E-state index contributed by atoms with van der Waals surface area (Å²) < 4.78 is 12.5. The molecule has 2 N–H and O–H groups in total. The minimum atomic E-state index is -0.366. The Balaban J connectivity index is 0.000000652. The average Bonchev–Trinajstić information content (AvgIpc) is 2.92. The molecule has 1 spiro atoms. The number of phenolic OH excluding ortho intramolecular Hbond substituents is 1. The summed E-state index contributed by atoms with van der Waals surface area (Å²) in [4.78, 5) is 14.9. The Morgan fingerprint density at radius 1 is 1.39 bits per heavy atom. The molecule has 6 heteroatoms. The third-order valence-electron chi connectivity index (χ3n) is 6.39. The van der Waals surface area contributed by atoms with Crippen molar-refractivity contribution in [1.82, 2.24) is 4.90 Å². The number of phenols is 1. The first-order valence-corrected chi connectivity index (χ1v) is 8.38. The molecule has 2 aliphatic heterocycles. The molecule has 0 unspecified atom stereocenters. The second kappa shape index (κ2) is 5.10. The molecule has 1 aromatic carbocycles. The van der Waals surface area contributed by atoms with Crippen molar-refractivity contribution in [2.75, 3.05) is 13.6 Å². The van der Waals surface area contributed by atoms with Crippen LogP contribution in [0, 0.1) is 5.92 Å². The molecule has 0 aromatic heterocycles. The first-order valence-electron chi connectivity index (χ1n) is 8.05. The van der Waals surface area contributed by atoms with Crippen LogP contribution >= 0.6 is 11.9 Å². The molecule has 0 amide bonds. The molecule has 5 rings (SSSR count). The highest BCUT2D eigenvalue weighted by Gasteiger charge is 2.65. The van der Waals surface area contributed by atoms with E-state index in [9.17, 15) is 9.90 Å². The number of hydrogen-bond acceptors (Lipinski definition) is 5. The maximum Gasteiger partial charge on any atom is 0.174 e. The molecule has 2 bridgehead atoms. The Labute approximate surface area is 140 Å². The Kier molecular flexibility index (Phi) is 3.38. The summed E-state index contributed by atoms with van der Waals surface area (Å²) >= 11 is 3.64. The first-order chi connectivity index (χ1) is 11.1. The van der Waals surface area contributed by atoms with Crippen LogP contribution in [0.15, 0.2) is 12.1 Å². The minimum absolute atomic E-state index is 0.172. The Morgan fingerprint density at radius 3 is 2.96 bits per heavy atom. The fourth-order valence-electron chi connectivity index (χ4n) is 5.52. The lowest BCUT2D eigenvalue weighted by Crippen LogP contribution is -2.65. The highest BCUT2D eigenvalue weighted by Crippen LogP contribution is 2.62. The monoisotopic (exact) mass is 337 g/mol. The van der Waals surface area contributed by atoms with Gasteiger partial charge in [-0.1, -0.05) is 6.07 Å². The Bertz CT molecular complexity index is 679. The number of nitrogens with zero attached hydrogens (tertiary/aromatic N) is 1. The molecule has 2 heterocycles. The number of ether oxygens (including phenoxy) is 1. The standard InChI is InChI=1S/C17H19NO3.ClHO/c1-18-7-6-17-10-3-5-13(20)16(17)21-15-12(19)4-2-9(14(15)17)8-11(10)18;1-2/h2,4,10-11,16,19H,3,5-8H2,1H3;2H/t10-,11+,16-,17-;/m0./s1. The van der Waals surface area contributed by atoms with E-state index in [0.717, 1.165) is 31.4 Å². The van der Waals surface area contributed by atoms with Crippen LogP contribution in [-0.2, 0) is 16.6 Å². The molecule has 1 aromatic rings. The van der Waals surface area contributed by atoms with Gasteiger partial charge in [-0.2, -0.15) is 0 Å². The van der Waals surface area contributed by atoms with Gasteiger partial charge in [0.1, 0.15) is 0 Å². The third-order valence-corrected chi connectivity index (χ3v) is 6.39. The quantitative estimate of drug-likeness (QED) is 0.755. The fraction of sp³-hybridized carbons (Fsp3) is 0.588. The van der Waals surface area contributed by atoms with Crippen LogP contribution in [-0.4, -0.2) is 46.2 Å². The van der Waals surface area contributed by atoms with Crippen LogP contribution in [0.1, 0.15) is 30.4 Å². The molecule has 1 saturated carbocycles. The number of likely N-dealkylation sites (N-methyl/N-ethyl adjacent to an activating group) is 1. The SMILES string of the molecule is CN1CC[C@]23c4c5ccc(O)c4O[C@H]2C(=O)CC[C@H]3[C@H]1C5.OCl. The Hall–Kier alpha value is -1.30. The van der Waals surface area contributed by atoms with E-state index in [1.807, 2.05) is 6.07 Å². The number of benzene rings is 1. The average molecular weight is 338 g/mol. The van der Waals surface area contributed by atoms with Crippen molar-refractivity contribution in [1.29, 1.82) is 0 Å². The molecular formula is C17H20ClNO4. The number of Topliss-reactive ketones (excluding diaryl/α,β-unsaturated/α-hetero) is 1. The number of halogens is 1. The number of piperidine rings is 1. The van der Waals surface area contributed by atoms with E-state index in [0.29, 0.717) is 24.1 Å². The normalized spacial score (nSPS) is 36.7. The van der Waals surface area contributed by atoms with Gasteiger partial charge in [0.25, 0.3) is 0 Å².